The number of rotatable bonds is 4. The van der Waals surface area contributed by atoms with Gasteiger partial charge in [-0.05, 0) is 12.8 Å². The summed E-state index contributed by atoms with van der Waals surface area (Å²) in [6, 6.07) is -0.366. The number of H-pyrrole nitrogens is 1. The van der Waals surface area contributed by atoms with Gasteiger partial charge in [-0.1, -0.05) is 30.6 Å². The zero-order chi connectivity index (χ0) is 14.8. The van der Waals surface area contributed by atoms with Crippen molar-refractivity contribution in [2.75, 3.05) is 0 Å². The lowest BCUT2D eigenvalue weighted by molar-refractivity contribution is -0.142. The minimum atomic E-state index is -0.456. The van der Waals surface area contributed by atoms with Gasteiger partial charge in [0, 0.05) is 23.7 Å². The molecule has 1 atom stereocenters. The molecule has 1 saturated heterocycles. The summed E-state index contributed by atoms with van der Waals surface area (Å²) >= 11 is 1.10. The molecule has 3 rings (SSSR count). The van der Waals surface area contributed by atoms with E-state index in [4.69, 9.17) is 0 Å². The minimum absolute atomic E-state index is 0.0665. The van der Waals surface area contributed by atoms with Gasteiger partial charge >= 0.3 is 4.87 Å². The van der Waals surface area contributed by atoms with Crippen LogP contribution in [0.3, 0.4) is 0 Å². The monoisotopic (exact) mass is 309 g/mol. The molecule has 114 valence electrons. The van der Waals surface area contributed by atoms with Crippen LogP contribution >= 0.6 is 11.3 Å². The zero-order valence-corrected chi connectivity index (χ0v) is 12.6. The van der Waals surface area contributed by atoms with Gasteiger partial charge in [0.15, 0.2) is 0 Å². The first-order valence-corrected chi connectivity index (χ1v) is 8.29. The van der Waals surface area contributed by atoms with Gasteiger partial charge in [0.2, 0.25) is 11.8 Å². The Bertz CT molecular complexity index is 588. The summed E-state index contributed by atoms with van der Waals surface area (Å²) in [4.78, 5) is 39.7. The van der Waals surface area contributed by atoms with E-state index in [-0.39, 0.29) is 29.1 Å². The Hall–Kier alpha value is -1.47. The number of imide groups is 1. The molecule has 1 aliphatic heterocycles. The molecule has 0 radical (unpaired) electrons. The van der Waals surface area contributed by atoms with E-state index >= 15 is 0 Å². The fourth-order valence-electron chi connectivity index (χ4n) is 3.17. The summed E-state index contributed by atoms with van der Waals surface area (Å²) in [6.45, 7) is 0.404. The first-order chi connectivity index (χ1) is 10.1. The number of nitrogens with zero attached hydrogens (tertiary/aromatic N) is 1. The standard InChI is InChI=1S/C14H19N3O3S/c18-12-6-11(15-7-9-8-21-14(20)16-9)13(19)17(12)10-4-2-1-3-5-10/h8,10-11,15H,1-7H2,(H,16,20). The van der Waals surface area contributed by atoms with E-state index in [0.29, 0.717) is 6.54 Å². The van der Waals surface area contributed by atoms with Crippen LogP contribution in [0.15, 0.2) is 10.2 Å². The maximum absolute atomic E-state index is 12.4. The molecule has 1 aromatic rings. The van der Waals surface area contributed by atoms with Gasteiger partial charge in [-0.2, -0.15) is 0 Å². The predicted octanol–water partition coefficient (Wildman–Crippen LogP) is 0.986. The Balaban J connectivity index is 1.61. The number of hydrogen-bond acceptors (Lipinski definition) is 5. The highest BCUT2D eigenvalue weighted by Gasteiger charge is 2.42. The first kappa shape index (κ1) is 14.5. The van der Waals surface area contributed by atoms with Crippen molar-refractivity contribution in [3.63, 3.8) is 0 Å². The zero-order valence-electron chi connectivity index (χ0n) is 11.8. The fraction of sp³-hybridized carbons (Fsp3) is 0.643. The number of hydrogen-bond donors (Lipinski definition) is 2. The van der Waals surface area contributed by atoms with Crippen molar-refractivity contribution >= 4 is 23.2 Å². The Morgan fingerprint density at radius 3 is 2.67 bits per heavy atom. The van der Waals surface area contributed by atoms with Crippen LogP contribution in [0.25, 0.3) is 0 Å². The number of carbonyl (C=O) groups excluding carboxylic acids is 2. The fourth-order valence-corrected chi connectivity index (χ4v) is 3.75. The molecule has 0 aromatic carbocycles. The topological polar surface area (TPSA) is 82.3 Å². The second-order valence-electron chi connectivity index (χ2n) is 5.70. The molecule has 21 heavy (non-hydrogen) atoms. The van der Waals surface area contributed by atoms with Crippen LogP contribution in [0.2, 0.25) is 0 Å². The van der Waals surface area contributed by atoms with E-state index in [2.05, 4.69) is 10.3 Å². The number of thiazole rings is 1. The van der Waals surface area contributed by atoms with Crippen LogP contribution in [0, 0.1) is 0 Å². The highest BCUT2D eigenvalue weighted by atomic mass is 32.1. The van der Waals surface area contributed by atoms with Gasteiger partial charge in [-0.25, -0.2) is 0 Å². The molecule has 2 N–H and O–H groups in total. The van der Waals surface area contributed by atoms with Crippen LogP contribution in [0.1, 0.15) is 44.2 Å². The van der Waals surface area contributed by atoms with Gasteiger partial charge in [0.25, 0.3) is 0 Å². The molecule has 1 aromatic heterocycles. The molecule has 2 aliphatic rings. The molecule has 0 spiro atoms. The van der Waals surface area contributed by atoms with Crippen molar-refractivity contribution in [2.45, 2.75) is 57.2 Å². The highest BCUT2D eigenvalue weighted by Crippen LogP contribution is 2.27. The second-order valence-corrected chi connectivity index (χ2v) is 6.55. The van der Waals surface area contributed by atoms with E-state index in [1.807, 2.05) is 0 Å². The first-order valence-electron chi connectivity index (χ1n) is 7.41. The van der Waals surface area contributed by atoms with Crippen molar-refractivity contribution < 1.29 is 9.59 Å². The van der Waals surface area contributed by atoms with Crippen molar-refractivity contribution in [3.8, 4) is 0 Å². The molecule has 1 saturated carbocycles. The predicted molar refractivity (Wildman–Crippen MR) is 78.9 cm³/mol. The molecule has 2 heterocycles. The number of aromatic amines is 1. The Morgan fingerprint density at radius 2 is 2.00 bits per heavy atom. The SMILES string of the molecule is O=C1CC(NCc2csc(=O)[nH]2)C(=O)N1C1CCCCC1. The van der Waals surface area contributed by atoms with E-state index in [1.54, 1.807) is 5.38 Å². The van der Waals surface area contributed by atoms with E-state index in [1.165, 1.54) is 11.3 Å². The van der Waals surface area contributed by atoms with Crippen LogP contribution < -0.4 is 10.2 Å². The molecule has 0 bridgehead atoms. The van der Waals surface area contributed by atoms with Crippen LogP contribution in [-0.4, -0.2) is 33.8 Å². The molecule has 2 fully saturated rings. The molecule has 1 aliphatic carbocycles. The van der Waals surface area contributed by atoms with E-state index in [0.717, 1.165) is 42.7 Å². The van der Waals surface area contributed by atoms with Gasteiger partial charge in [-0.3, -0.25) is 24.6 Å². The largest absolute Gasteiger partial charge is 0.315 e. The van der Waals surface area contributed by atoms with Gasteiger partial charge in [0.1, 0.15) is 0 Å². The molecular weight excluding hydrogens is 290 g/mol. The summed E-state index contributed by atoms with van der Waals surface area (Å²) < 4.78 is 0. The maximum atomic E-state index is 12.4. The Labute approximate surface area is 126 Å². The number of aromatic nitrogens is 1. The third-order valence-corrected chi connectivity index (χ3v) is 4.95. The third kappa shape index (κ3) is 3.08. The van der Waals surface area contributed by atoms with Gasteiger partial charge in [-0.15, -0.1) is 0 Å². The quantitative estimate of drug-likeness (QED) is 0.813. The molecule has 1 unspecified atom stereocenters. The summed E-state index contributed by atoms with van der Waals surface area (Å²) in [6.07, 6.45) is 5.47. The second kappa shape index (κ2) is 6.11. The lowest BCUT2D eigenvalue weighted by atomic mass is 9.94. The van der Waals surface area contributed by atoms with Crippen LogP contribution in [0.5, 0.6) is 0 Å². The van der Waals surface area contributed by atoms with Crippen molar-refractivity contribution in [1.29, 1.82) is 0 Å². The minimum Gasteiger partial charge on any atom is -0.315 e. The lowest BCUT2D eigenvalue weighted by Crippen LogP contribution is -2.44. The van der Waals surface area contributed by atoms with Crippen molar-refractivity contribution in [3.05, 3.63) is 20.7 Å². The summed E-state index contributed by atoms with van der Waals surface area (Å²) in [7, 11) is 0. The average Bonchev–Trinajstić information content (AvgIpc) is 3.01. The van der Waals surface area contributed by atoms with E-state index in [9.17, 15) is 14.4 Å². The van der Waals surface area contributed by atoms with Gasteiger partial charge < -0.3 is 4.98 Å². The normalized spacial score (nSPS) is 24.0. The number of carbonyl (C=O) groups is 2. The summed E-state index contributed by atoms with van der Waals surface area (Å²) in [5.41, 5.74) is 0.751. The maximum Gasteiger partial charge on any atom is 0.304 e. The third-order valence-electron chi connectivity index (χ3n) is 4.23. The molecule has 6 nitrogen and oxygen atoms in total. The number of nitrogens with one attached hydrogen (secondary N) is 2. The smallest absolute Gasteiger partial charge is 0.304 e. The average molecular weight is 309 g/mol. The Morgan fingerprint density at radius 1 is 1.24 bits per heavy atom. The number of likely N-dealkylation sites (tertiary alicyclic amines) is 1. The number of amides is 2. The van der Waals surface area contributed by atoms with Crippen molar-refractivity contribution in [1.82, 2.24) is 15.2 Å². The summed E-state index contributed by atoms with van der Waals surface area (Å²) in [5, 5.41) is 4.82. The van der Waals surface area contributed by atoms with Crippen LogP contribution in [0.4, 0.5) is 0 Å². The van der Waals surface area contributed by atoms with Gasteiger partial charge in [0.05, 0.1) is 12.5 Å². The van der Waals surface area contributed by atoms with Crippen LogP contribution in [-0.2, 0) is 16.1 Å². The van der Waals surface area contributed by atoms with Crippen molar-refractivity contribution in [2.24, 2.45) is 0 Å². The lowest BCUT2D eigenvalue weighted by Gasteiger charge is -2.29. The van der Waals surface area contributed by atoms with E-state index < -0.39 is 6.04 Å². The molecule has 7 heteroatoms. The summed E-state index contributed by atoms with van der Waals surface area (Å²) in [5.74, 6) is -0.173. The molecular formula is C14H19N3O3S. The Kier molecular flexibility index (Phi) is 4.21. The highest BCUT2D eigenvalue weighted by molar-refractivity contribution is 7.07. The molecule has 2 amide bonds.